The highest BCUT2D eigenvalue weighted by Crippen LogP contribution is 2.54. The third-order valence-corrected chi connectivity index (χ3v) is 7.77. The van der Waals surface area contributed by atoms with Crippen molar-refractivity contribution in [3.05, 3.63) is 47.4 Å². The molecule has 3 aliphatic rings. The lowest BCUT2D eigenvalue weighted by Gasteiger charge is -2.21. The van der Waals surface area contributed by atoms with Crippen LogP contribution >= 0.6 is 0 Å². The number of fused-ring (bicyclic) bond motifs is 3. The maximum atomic E-state index is 14.6. The standard InChI is InChI=1S/C26H29FN8O3/c1-29-18-7-14(27)6-17-16(18)8-19-23(17)24(35-12-20(28)26(13-35)4-5-26)33-25(32-19)38-15-10-30-21(31-11-15)9-22(36)34(2)37-3/h6-7,10-11,20,29H,4-5,8-9,12-13,28H2,1-3H3/t20-/m0/s1. The largest absolute Gasteiger partial charge is 0.421 e. The van der Waals surface area contributed by atoms with Gasteiger partial charge in [-0.3, -0.25) is 9.63 Å². The monoisotopic (exact) mass is 520 g/mol. The molecule has 1 spiro atoms. The van der Waals surface area contributed by atoms with Crippen molar-refractivity contribution in [3.63, 3.8) is 0 Å². The smallest absolute Gasteiger partial charge is 0.324 e. The number of nitrogens with one attached hydrogen (secondary N) is 1. The number of anilines is 2. The lowest BCUT2D eigenvalue weighted by molar-refractivity contribution is -0.167. The van der Waals surface area contributed by atoms with Crippen LogP contribution < -0.4 is 20.7 Å². The Hall–Kier alpha value is -3.90. The maximum absolute atomic E-state index is 14.6. The van der Waals surface area contributed by atoms with Crippen LogP contribution in [0.3, 0.4) is 0 Å². The Kier molecular flexibility index (Phi) is 5.88. The van der Waals surface area contributed by atoms with Gasteiger partial charge in [-0.25, -0.2) is 19.4 Å². The van der Waals surface area contributed by atoms with Crippen molar-refractivity contribution in [1.82, 2.24) is 25.0 Å². The number of nitrogens with two attached hydrogens (primary N) is 1. The van der Waals surface area contributed by atoms with E-state index in [2.05, 4.69) is 20.2 Å². The SMILES string of the molecule is CNc1cc(F)cc2c1Cc1nc(Oc3cnc(CC(=O)N(C)OC)nc3)nc(N3C[C@H](N)C4(CC4)C3)c1-2. The highest BCUT2D eigenvalue weighted by atomic mass is 19.1. The second kappa shape index (κ2) is 9.14. The number of benzene rings is 1. The van der Waals surface area contributed by atoms with Gasteiger partial charge in [0.05, 0.1) is 31.6 Å². The van der Waals surface area contributed by atoms with Crippen LogP contribution in [0.15, 0.2) is 24.5 Å². The maximum Gasteiger partial charge on any atom is 0.324 e. The number of halogens is 1. The number of rotatable bonds is 7. The number of nitrogens with zero attached hydrogens (tertiary/aromatic N) is 6. The first-order chi connectivity index (χ1) is 18.3. The van der Waals surface area contributed by atoms with Crippen molar-refractivity contribution in [3.8, 4) is 22.9 Å². The van der Waals surface area contributed by atoms with E-state index < -0.39 is 0 Å². The number of likely N-dealkylation sites (N-methyl/N-ethyl adjacent to an activating group) is 1. The summed E-state index contributed by atoms with van der Waals surface area (Å²) in [5.41, 5.74) is 10.7. The Morgan fingerprint density at radius 2 is 2.05 bits per heavy atom. The van der Waals surface area contributed by atoms with E-state index in [1.807, 2.05) is 0 Å². The van der Waals surface area contributed by atoms with E-state index in [-0.39, 0.29) is 35.6 Å². The lowest BCUT2D eigenvalue weighted by Crippen LogP contribution is -2.30. The minimum atomic E-state index is -0.323. The molecule has 11 nitrogen and oxygen atoms in total. The summed E-state index contributed by atoms with van der Waals surface area (Å²) in [7, 11) is 4.71. The van der Waals surface area contributed by atoms with Crippen molar-refractivity contribution in [1.29, 1.82) is 0 Å². The van der Waals surface area contributed by atoms with Crippen LogP contribution in [0.5, 0.6) is 11.8 Å². The second-order valence-electron chi connectivity index (χ2n) is 10.1. The van der Waals surface area contributed by atoms with Crippen LogP contribution in [0.2, 0.25) is 0 Å². The van der Waals surface area contributed by atoms with Crippen LogP contribution in [-0.4, -0.2) is 71.2 Å². The van der Waals surface area contributed by atoms with E-state index in [0.717, 1.165) is 52.5 Å². The minimum absolute atomic E-state index is 0.0102. The van der Waals surface area contributed by atoms with Gasteiger partial charge in [-0.1, -0.05) is 0 Å². The van der Waals surface area contributed by atoms with E-state index in [4.69, 9.17) is 25.3 Å². The number of carbonyl (C=O) groups excluding carboxylic acids is 1. The van der Waals surface area contributed by atoms with Gasteiger partial charge < -0.3 is 20.7 Å². The molecular formula is C26H29FN8O3. The first-order valence-corrected chi connectivity index (χ1v) is 12.5. The zero-order chi connectivity index (χ0) is 26.6. The van der Waals surface area contributed by atoms with Crippen LogP contribution in [-0.2, 0) is 22.5 Å². The highest BCUT2D eigenvalue weighted by Gasteiger charge is 2.54. The quantitative estimate of drug-likeness (QED) is 0.350. The van der Waals surface area contributed by atoms with E-state index in [0.29, 0.717) is 30.4 Å². The molecule has 6 rings (SSSR count). The number of aromatic nitrogens is 4. The molecule has 1 aliphatic heterocycles. The molecule has 0 bridgehead atoms. The highest BCUT2D eigenvalue weighted by molar-refractivity contribution is 5.88. The van der Waals surface area contributed by atoms with E-state index in [1.54, 1.807) is 13.1 Å². The van der Waals surface area contributed by atoms with Crippen molar-refractivity contribution >= 4 is 17.4 Å². The van der Waals surface area contributed by atoms with Gasteiger partial charge in [-0.2, -0.15) is 9.97 Å². The Balaban J connectivity index is 1.33. The molecule has 3 heterocycles. The fraction of sp³-hybridized carbons (Fsp3) is 0.423. The van der Waals surface area contributed by atoms with Gasteiger partial charge in [0.1, 0.15) is 17.5 Å². The molecule has 3 aromatic rings. The molecule has 0 radical (unpaired) electrons. The molecular weight excluding hydrogens is 491 g/mol. The Labute approximate surface area is 219 Å². The molecule has 1 saturated carbocycles. The van der Waals surface area contributed by atoms with Gasteiger partial charge in [0.15, 0.2) is 5.75 Å². The van der Waals surface area contributed by atoms with Gasteiger partial charge in [-0.05, 0) is 36.1 Å². The fourth-order valence-electron chi connectivity index (χ4n) is 5.38. The summed E-state index contributed by atoms with van der Waals surface area (Å²) < 4.78 is 20.6. The molecule has 1 aromatic carbocycles. The Morgan fingerprint density at radius 3 is 2.71 bits per heavy atom. The molecule has 38 heavy (non-hydrogen) atoms. The molecule has 12 heteroatoms. The van der Waals surface area contributed by atoms with Crippen molar-refractivity contribution in [2.24, 2.45) is 11.1 Å². The van der Waals surface area contributed by atoms with Gasteiger partial charge >= 0.3 is 6.01 Å². The topological polar surface area (TPSA) is 132 Å². The van der Waals surface area contributed by atoms with Gasteiger partial charge in [0.25, 0.3) is 5.91 Å². The molecule has 0 unspecified atom stereocenters. The number of hydrogen-bond donors (Lipinski definition) is 2. The van der Waals surface area contributed by atoms with Crippen LogP contribution in [0.4, 0.5) is 15.9 Å². The van der Waals surface area contributed by atoms with E-state index >= 15 is 0 Å². The predicted octanol–water partition coefficient (Wildman–Crippen LogP) is 2.30. The van der Waals surface area contributed by atoms with Crippen LogP contribution in [0.1, 0.15) is 29.9 Å². The minimum Gasteiger partial charge on any atom is -0.421 e. The Morgan fingerprint density at radius 1 is 1.29 bits per heavy atom. The number of hydrogen-bond acceptors (Lipinski definition) is 10. The van der Waals surface area contributed by atoms with E-state index in [1.165, 1.54) is 32.6 Å². The Bertz CT molecular complexity index is 1410. The summed E-state index contributed by atoms with van der Waals surface area (Å²) in [5, 5.41) is 4.22. The summed E-state index contributed by atoms with van der Waals surface area (Å²) in [6.07, 6.45) is 5.66. The average Bonchev–Trinajstić information content (AvgIpc) is 3.50. The number of ether oxygens (including phenoxy) is 1. The van der Waals surface area contributed by atoms with Gasteiger partial charge in [0.2, 0.25) is 0 Å². The molecule has 3 N–H and O–H groups in total. The van der Waals surface area contributed by atoms with Gasteiger partial charge in [-0.15, -0.1) is 0 Å². The van der Waals surface area contributed by atoms with Crippen LogP contribution in [0, 0.1) is 11.2 Å². The van der Waals surface area contributed by atoms with Crippen molar-refractivity contribution in [2.75, 3.05) is 44.5 Å². The molecule has 1 atom stereocenters. The molecule has 2 aromatic heterocycles. The summed E-state index contributed by atoms with van der Waals surface area (Å²) in [4.78, 5) is 37.1. The number of hydroxylamine groups is 2. The van der Waals surface area contributed by atoms with Crippen molar-refractivity contribution < 1.29 is 18.8 Å². The zero-order valence-corrected chi connectivity index (χ0v) is 21.5. The normalized spacial score (nSPS) is 18.3. The summed E-state index contributed by atoms with van der Waals surface area (Å²) in [5.74, 6) is 0.765. The molecule has 1 amide bonds. The zero-order valence-electron chi connectivity index (χ0n) is 21.5. The average molecular weight is 521 g/mol. The van der Waals surface area contributed by atoms with Crippen LogP contribution in [0.25, 0.3) is 11.1 Å². The molecule has 198 valence electrons. The third-order valence-electron chi connectivity index (χ3n) is 7.77. The predicted molar refractivity (Wildman–Crippen MR) is 137 cm³/mol. The summed E-state index contributed by atoms with van der Waals surface area (Å²) in [6, 6.07) is 3.25. The molecule has 2 fully saturated rings. The second-order valence-corrected chi connectivity index (χ2v) is 10.1. The molecule has 2 aliphatic carbocycles. The first-order valence-electron chi connectivity index (χ1n) is 12.5. The van der Waals surface area contributed by atoms with Gasteiger partial charge in [0, 0.05) is 56.3 Å². The molecule has 1 saturated heterocycles. The summed E-state index contributed by atoms with van der Waals surface area (Å²) in [6.45, 7) is 1.45. The third kappa shape index (κ3) is 4.19. The fourth-order valence-corrected chi connectivity index (χ4v) is 5.38. The van der Waals surface area contributed by atoms with E-state index in [9.17, 15) is 9.18 Å². The lowest BCUT2D eigenvalue weighted by atomic mass is 10.0. The number of carbonyl (C=O) groups is 1. The van der Waals surface area contributed by atoms with Crippen molar-refractivity contribution in [2.45, 2.75) is 31.7 Å². The first kappa shape index (κ1) is 24.4. The number of amides is 1. The summed E-state index contributed by atoms with van der Waals surface area (Å²) >= 11 is 0.